The Hall–Kier alpha value is -6.35. The molecule has 77 heavy (non-hydrogen) atoms. The number of pyridine rings is 1. The van der Waals surface area contributed by atoms with Crippen molar-refractivity contribution in [3.05, 3.63) is 99.2 Å². The molecule has 4 atom stereocenters. The molecule has 11 rings (SSSR count). The van der Waals surface area contributed by atoms with Crippen molar-refractivity contribution in [1.29, 1.82) is 0 Å². The summed E-state index contributed by atoms with van der Waals surface area (Å²) in [7, 11) is 1.57. The van der Waals surface area contributed by atoms with Gasteiger partial charge in [-0.15, -0.1) is 0 Å². The molecule has 0 bridgehead atoms. The number of halogens is 5. The molecule has 5 amide bonds. The van der Waals surface area contributed by atoms with Crippen LogP contribution in [0.15, 0.2) is 48.7 Å². The number of aromatic nitrogens is 3. The van der Waals surface area contributed by atoms with E-state index in [-0.39, 0.29) is 94.1 Å². The highest BCUT2D eigenvalue weighted by Crippen LogP contribution is 2.70. The molecule has 2 aliphatic carbocycles. The molecule has 3 aromatic carbocycles. The second kappa shape index (κ2) is 20.1. The Labute approximate surface area is 447 Å². The van der Waals surface area contributed by atoms with Gasteiger partial charge in [-0.05, 0) is 80.9 Å². The van der Waals surface area contributed by atoms with Crippen molar-refractivity contribution in [2.24, 2.45) is 30.0 Å². The molecule has 0 unspecified atom stereocenters. The van der Waals surface area contributed by atoms with Crippen LogP contribution in [0, 0.1) is 40.5 Å². The first-order valence-corrected chi connectivity index (χ1v) is 27.0. The molecule has 16 nitrogen and oxygen atoms in total. The molecule has 4 aliphatic heterocycles. The number of aliphatic hydroxyl groups is 1. The summed E-state index contributed by atoms with van der Waals surface area (Å²) in [6, 6.07) is 11.2. The number of carbonyl (C=O) groups is 4. The normalized spacial score (nSPS) is 26.6. The summed E-state index contributed by atoms with van der Waals surface area (Å²) < 4.78 is 78.8. The third kappa shape index (κ3) is 8.96. The number of imide groups is 1. The van der Waals surface area contributed by atoms with E-state index >= 15 is 17.6 Å². The van der Waals surface area contributed by atoms with Crippen LogP contribution in [-0.4, -0.2) is 118 Å². The van der Waals surface area contributed by atoms with Gasteiger partial charge in [-0.25, -0.2) is 27.3 Å². The number of carbonyl (C=O) groups excluding carboxylic acids is 4. The van der Waals surface area contributed by atoms with Gasteiger partial charge in [-0.2, -0.15) is 5.10 Å². The van der Waals surface area contributed by atoms with E-state index < -0.39 is 75.6 Å². The minimum absolute atomic E-state index is 0.0220. The fourth-order valence-corrected chi connectivity index (χ4v) is 14.0. The highest BCUT2D eigenvalue weighted by molar-refractivity contribution is 6.34. The number of urea groups is 1. The fraction of sp³-hybridized carbons (Fsp3) is 0.500. The van der Waals surface area contributed by atoms with Crippen LogP contribution in [0.4, 0.5) is 28.2 Å². The monoisotopic (exact) mass is 1080 g/mol. The van der Waals surface area contributed by atoms with Gasteiger partial charge >= 0.3 is 6.03 Å². The molecule has 6 heterocycles. The number of rotatable bonds is 14. The Kier molecular flexibility index (Phi) is 13.8. The number of hydrogen-bond donors (Lipinski definition) is 4. The van der Waals surface area contributed by atoms with Crippen LogP contribution >= 0.6 is 11.6 Å². The van der Waals surface area contributed by atoms with Gasteiger partial charge < -0.3 is 35.4 Å². The highest BCUT2D eigenvalue weighted by Gasteiger charge is 2.68. The van der Waals surface area contributed by atoms with Crippen LogP contribution in [0.3, 0.4) is 0 Å². The predicted molar refractivity (Wildman–Crippen MR) is 278 cm³/mol. The summed E-state index contributed by atoms with van der Waals surface area (Å²) in [6.07, 6.45) is 6.90. The van der Waals surface area contributed by atoms with Crippen molar-refractivity contribution in [2.45, 2.75) is 94.6 Å². The number of ether oxygens (including phenoxy) is 2. The summed E-state index contributed by atoms with van der Waals surface area (Å²) in [5, 5.41) is 19.5. The van der Waals surface area contributed by atoms with Crippen molar-refractivity contribution in [2.75, 3.05) is 63.9 Å². The molecule has 21 heteroatoms. The highest BCUT2D eigenvalue weighted by atomic mass is 35.5. The molecule has 6 aliphatic rings. The third-order valence-corrected chi connectivity index (χ3v) is 18.2. The number of nitrogens with one attached hydrogen (secondary N) is 2. The first kappa shape index (κ1) is 52.7. The van der Waals surface area contributed by atoms with E-state index in [0.717, 1.165) is 44.0 Å². The minimum atomic E-state index is -1.15. The van der Waals surface area contributed by atoms with E-state index in [9.17, 15) is 24.3 Å². The second-order valence-electron chi connectivity index (χ2n) is 22.3. The van der Waals surface area contributed by atoms with Crippen LogP contribution in [0.1, 0.15) is 105 Å². The maximum Gasteiger partial charge on any atom is 0.329 e. The minimum Gasteiger partial charge on any atom is -0.480 e. The van der Waals surface area contributed by atoms with Gasteiger partial charge in [-0.3, -0.25) is 29.3 Å². The number of nitrogens with zero attached hydrogens (tertiary/aromatic N) is 6. The van der Waals surface area contributed by atoms with Crippen LogP contribution in [0.25, 0.3) is 22.0 Å². The van der Waals surface area contributed by atoms with Crippen LogP contribution in [-0.2, 0) is 27.7 Å². The number of aryl methyl sites for hydroxylation is 1. The van der Waals surface area contributed by atoms with Gasteiger partial charge in [0.2, 0.25) is 11.8 Å². The smallest absolute Gasteiger partial charge is 0.329 e. The lowest BCUT2D eigenvalue weighted by Crippen LogP contribution is -2.49. The van der Waals surface area contributed by atoms with Gasteiger partial charge in [-0.1, -0.05) is 55.8 Å². The predicted octanol–water partition coefficient (Wildman–Crippen LogP) is 7.59. The summed E-state index contributed by atoms with van der Waals surface area (Å²) in [5.74, 6) is -5.20. The molecule has 0 radical (unpaired) electrons. The molecule has 0 spiro atoms. The van der Waals surface area contributed by atoms with Crippen LogP contribution in [0.5, 0.6) is 11.6 Å². The standard InChI is InChI=1S/C56H62ClF4N9O7/c1-30-41-39(24-38(59)45(57)43(41)42-36(49(62)73)25-63-51(46(42)60)76-22-21-71)77-56(30,33-7-5-4-6-8-33)28-64-34-11-9-32(10-12-34)52(74)69-17-13-31(14-18-69)26-68-20-16-55(27-54(55,2)29-68)44-37(58)23-35-48(47(44)61)67(3)66-50(35)70-19-15-40(72)65-53(70)75/h4-8,23-25,30-32,34,64,71H,9-22,26-29H2,1-3H3,(H2,62,73)(H,65,72,75)/t30-,32?,34?,54-,55-,56-/m0/s1. The molecule has 5 aromatic rings. The Bertz CT molecular complexity index is 3210. The Morgan fingerprint density at radius 2 is 1.73 bits per heavy atom. The largest absolute Gasteiger partial charge is 0.480 e. The lowest BCUT2D eigenvalue weighted by atomic mass is 9.77. The van der Waals surface area contributed by atoms with E-state index in [1.54, 1.807) is 7.05 Å². The molecule has 2 saturated carbocycles. The number of nitrogens with two attached hydrogens (primary N) is 1. The number of aliphatic hydroxyl groups excluding tert-OH is 1. The van der Waals surface area contributed by atoms with E-state index in [2.05, 4.69) is 32.5 Å². The molecule has 2 aromatic heterocycles. The SMILES string of the molecule is C[C@H]1c2c(cc(F)c(Cl)c2-c2c(C(N)=O)cnc(OCCO)c2F)O[C@]1(CNC1CCC(C(=O)N2CCC(CN3CC[C@@]4(c5c(F)cc6c(N7CCC(=O)NC7=O)nn(C)c6c5F)C[C@@]4(C)C3)CC2)CC1)c1ccccc1. The zero-order chi connectivity index (χ0) is 54.3. The van der Waals surface area contributed by atoms with Crippen LogP contribution < -0.4 is 30.7 Å². The van der Waals surface area contributed by atoms with Crippen molar-refractivity contribution in [1.82, 2.24) is 35.2 Å². The first-order chi connectivity index (χ1) is 36.9. The van der Waals surface area contributed by atoms with Gasteiger partial charge in [0.15, 0.2) is 23.1 Å². The van der Waals surface area contributed by atoms with Gasteiger partial charge in [0.25, 0.3) is 11.8 Å². The number of fused-ring (bicyclic) bond motifs is 3. The number of hydrogen-bond acceptors (Lipinski definition) is 11. The molecular weight excluding hydrogens is 1020 g/mol. The zero-order valence-electron chi connectivity index (χ0n) is 43.2. The van der Waals surface area contributed by atoms with Gasteiger partial charge in [0.05, 0.1) is 22.6 Å². The number of amides is 5. The molecule has 5 fully saturated rings. The molecule has 408 valence electrons. The Balaban J connectivity index is 0.707. The number of piperidine rings is 2. The topological polar surface area (TPSA) is 197 Å². The zero-order valence-corrected chi connectivity index (χ0v) is 44.0. The Morgan fingerprint density at radius 1 is 0.987 bits per heavy atom. The number of anilines is 1. The number of benzene rings is 3. The fourth-order valence-electron chi connectivity index (χ4n) is 13.7. The lowest BCUT2D eigenvalue weighted by molar-refractivity contribution is -0.138. The maximum absolute atomic E-state index is 16.7. The average Bonchev–Trinajstić information content (AvgIpc) is 3.66. The summed E-state index contributed by atoms with van der Waals surface area (Å²) in [6.45, 7) is 7.14. The summed E-state index contributed by atoms with van der Waals surface area (Å²) >= 11 is 6.71. The van der Waals surface area contributed by atoms with Gasteiger partial charge in [0, 0.05) is 111 Å². The third-order valence-electron chi connectivity index (χ3n) is 17.9. The number of primary amides is 1. The molecule has 3 saturated heterocycles. The molecule has 5 N–H and O–H groups in total. The van der Waals surface area contributed by atoms with E-state index in [1.807, 2.05) is 42.2 Å². The Morgan fingerprint density at radius 3 is 2.42 bits per heavy atom. The average molecular weight is 1080 g/mol. The summed E-state index contributed by atoms with van der Waals surface area (Å²) in [5.41, 5.74) is 4.07. The van der Waals surface area contributed by atoms with E-state index in [1.165, 1.54) is 21.7 Å². The van der Waals surface area contributed by atoms with Crippen molar-refractivity contribution in [3.63, 3.8) is 0 Å². The molecular formula is C56H62ClF4N9O7. The van der Waals surface area contributed by atoms with Crippen molar-refractivity contribution in [3.8, 4) is 22.8 Å². The van der Waals surface area contributed by atoms with Gasteiger partial charge in [0.1, 0.15) is 29.5 Å². The quantitative estimate of drug-likeness (QED) is 0.0800. The van der Waals surface area contributed by atoms with Crippen LogP contribution in [0.2, 0.25) is 5.02 Å². The van der Waals surface area contributed by atoms with E-state index in [4.69, 9.17) is 26.8 Å². The first-order valence-electron chi connectivity index (χ1n) is 26.6. The summed E-state index contributed by atoms with van der Waals surface area (Å²) in [4.78, 5) is 60.9. The van der Waals surface area contributed by atoms with Crippen molar-refractivity contribution < 1.29 is 51.3 Å². The lowest BCUT2D eigenvalue weighted by Gasteiger charge is -2.41. The maximum atomic E-state index is 16.7. The second-order valence-corrected chi connectivity index (χ2v) is 22.7. The van der Waals surface area contributed by atoms with Crippen molar-refractivity contribution >= 4 is 52.1 Å². The number of likely N-dealkylation sites (tertiary alicyclic amines) is 2. The van der Waals surface area contributed by atoms with E-state index in [0.29, 0.717) is 63.3 Å².